The van der Waals surface area contributed by atoms with Crippen LogP contribution in [0.15, 0.2) is 35.3 Å². The lowest BCUT2D eigenvalue weighted by atomic mass is 10.0. The third-order valence-corrected chi connectivity index (χ3v) is 6.28. The summed E-state index contributed by atoms with van der Waals surface area (Å²) < 4.78 is 24.7. The molecular formula is C26H32N2O6S. The summed E-state index contributed by atoms with van der Waals surface area (Å²) in [7, 11) is 1.33. The van der Waals surface area contributed by atoms with Crippen LogP contribution in [0.5, 0.6) is 17.2 Å². The Morgan fingerprint density at radius 1 is 0.971 bits per heavy atom. The molecule has 0 aliphatic heterocycles. The summed E-state index contributed by atoms with van der Waals surface area (Å²) in [6, 6.07) is 9.26. The van der Waals surface area contributed by atoms with Crippen LogP contribution in [0, 0.1) is 0 Å². The molecule has 0 bridgehead atoms. The van der Waals surface area contributed by atoms with Gasteiger partial charge in [-0.1, -0.05) is 31.3 Å². The highest BCUT2D eigenvalue weighted by molar-refractivity contribution is 7.16. The largest absolute Gasteiger partial charge is 0.490 e. The minimum Gasteiger partial charge on any atom is -0.490 e. The average Bonchev–Trinajstić information content (AvgIpc) is 3.16. The number of nitrogens with zero attached hydrogens (tertiary/aromatic N) is 2. The van der Waals surface area contributed by atoms with Gasteiger partial charge in [-0.05, 0) is 56.5 Å². The molecule has 8 nitrogen and oxygen atoms in total. The van der Waals surface area contributed by atoms with Gasteiger partial charge in [0.1, 0.15) is 6.54 Å². The predicted molar refractivity (Wildman–Crippen MR) is 136 cm³/mol. The molecule has 3 rings (SSSR count). The molecular weight excluding hydrogens is 468 g/mol. The number of ether oxygens (including phenoxy) is 4. The molecule has 188 valence electrons. The molecule has 0 aliphatic carbocycles. The van der Waals surface area contributed by atoms with Gasteiger partial charge in [0, 0.05) is 5.56 Å². The van der Waals surface area contributed by atoms with Crippen LogP contribution in [0.3, 0.4) is 0 Å². The molecule has 1 amide bonds. The highest BCUT2D eigenvalue weighted by Gasteiger charge is 2.19. The number of hydrogen-bond donors (Lipinski definition) is 0. The Morgan fingerprint density at radius 3 is 2.14 bits per heavy atom. The van der Waals surface area contributed by atoms with E-state index in [0.717, 1.165) is 15.8 Å². The first-order valence-electron chi connectivity index (χ1n) is 11.7. The summed E-state index contributed by atoms with van der Waals surface area (Å²) in [4.78, 5) is 30.2. The lowest BCUT2D eigenvalue weighted by Crippen LogP contribution is -2.22. The molecule has 0 atom stereocenters. The minimum atomic E-state index is -0.482. The number of carbonyl (C=O) groups is 2. The van der Waals surface area contributed by atoms with Crippen molar-refractivity contribution in [3.05, 3.63) is 46.3 Å². The van der Waals surface area contributed by atoms with Gasteiger partial charge in [0.15, 0.2) is 16.3 Å². The highest BCUT2D eigenvalue weighted by Crippen LogP contribution is 2.39. The molecule has 3 aromatic rings. The maximum atomic E-state index is 13.3. The lowest BCUT2D eigenvalue weighted by Gasteiger charge is -2.16. The van der Waals surface area contributed by atoms with Crippen molar-refractivity contribution in [3.63, 3.8) is 0 Å². The SMILES string of the molecule is CCOc1cc(C(=O)N=c2sc3cc(C(C)C)ccc3n2CC(=O)OC)cc(OCC)c1OCC. The monoisotopic (exact) mass is 500 g/mol. The van der Waals surface area contributed by atoms with Gasteiger partial charge in [-0.3, -0.25) is 9.59 Å². The number of aromatic nitrogens is 1. The number of benzene rings is 2. The van der Waals surface area contributed by atoms with E-state index in [1.807, 2.05) is 32.9 Å². The molecule has 0 saturated carbocycles. The molecule has 9 heteroatoms. The molecule has 0 radical (unpaired) electrons. The smallest absolute Gasteiger partial charge is 0.325 e. The number of esters is 1. The van der Waals surface area contributed by atoms with Crippen molar-refractivity contribution < 1.29 is 28.5 Å². The van der Waals surface area contributed by atoms with Gasteiger partial charge in [0.2, 0.25) is 5.75 Å². The Bertz CT molecular complexity index is 1250. The molecule has 0 aliphatic rings. The first-order valence-corrected chi connectivity index (χ1v) is 12.5. The van der Waals surface area contributed by atoms with Crippen molar-refractivity contribution in [3.8, 4) is 17.2 Å². The standard InChI is InChI=1S/C26H32N2O6S/c1-7-32-20-12-18(13-21(33-8-2)24(20)34-9-3)25(30)27-26-28(15-23(29)31-6)19-11-10-17(16(4)5)14-22(19)35-26/h10-14,16H,7-9,15H2,1-6H3. The van der Waals surface area contributed by atoms with Gasteiger partial charge in [0.05, 0.1) is 37.1 Å². The number of thiazole rings is 1. The third kappa shape index (κ3) is 6.03. The van der Waals surface area contributed by atoms with Gasteiger partial charge in [-0.15, -0.1) is 0 Å². The van der Waals surface area contributed by atoms with Crippen LogP contribution in [0.2, 0.25) is 0 Å². The molecule has 35 heavy (non-hydrogen) atoms. The van der Waals surface area contributed by atoms with Gasteiger partial charge in [-0.2, -0.15) is 4.99 Å². The summed E-state index contributed by atoms with van der Waals surface area (Å²) in [5.74, 6) is 0.722. The van der Waals surface area contributed by atoms with Crippen molar-refractivity contribution in [2.45, 2.75) is 47.1 Å². The van der Waals surface area contributed by atoms with Crippen molar-refractivity contribution >= 4 is 33.4 Å². The van der Waals surface area contributed by atoms with E-state index in [4.69, 9.17) is 18.9 Å². The Morgan fingerprint density at radius 2 is 1.60 bits per heavy atom. The maximum absolute atomic E-state index is 13.3. The molecule has 1 heterocycles. The quantitative estimate of drug-likeness (QED) is 0.367. The second-order valence-corrected chi connectivity index (χ2v) is 8.96. The summed E-state index contributed by atoms with van der Waals surface area (Å²) in [5, 5.41) is 0. The summed E-state index contributed by atoms with van der Waals surface area (Å²) in [5.41, 5.74) is 2.27. The number of carbonyl (C=O) groups excluding carboxylic acids is 2. The van der Waals surface area contributed by atoms with Gasteiger partial charge >= 0.3 is 5.97 Å². The second-order valence-electron chi connectivity index (χ2n) is 7.95. The van der Waals surface area contributed by atoms with E-state index < -0.39 is 11.9 Å². The van der Waals surface area contributed by atoms with Crippen LogP contribution in [0.4, 0.5) is 0 Å². The van der Waals surface area contributed by atoms with Crippen LogP contribution >= 0.6 is 11.3 Å². The topological polar surface area (TPSA) is 88.4 Å². The Labute approximate surface area is 209 Å². The molecule has 0 spiro atoms. The van der Waals surface area contributed by atoms with E-state index >= 15 is 0 Å². The third-order valence-electron chi connectivity index (χ3n) is 5.24. The summed E-state index contributed by atoms with van der Waals surface area (Å²) >= 11 is 1.35. The van der Waals surface area contributed by atoms with Crippen LogP contribution in [-0.2, 0) is 16.1 Å². The normalized spacial score (nSPS) is 11.7. The van der Waals surface area contributed by atoms with E-state index in [9.17, 15) is 9.59 Å². The number of fused-ring (bicyclic) bond motifs is 1. The van der Waals surface area contributed by atoms with E-state index in [-0.39, 0.29) is 6.54 Å². The van der Waals surface area contributed by atoms with E-state index in [1.54, 1.807) is 16.7 Å². The van der Waals surface area contributed by atoms with Crippen molar-refractivity contribution in [2.24, 2.45) is 4.99 Å². The van der Waals surface area contributed by atoms with Crippen molar-refractivity contribution in [1.29, 1.82) is 0 Å². The zero-order valence-electron chi connectivity index (χ0n) is 21.0. The summed E-state index contributed by atoms with van der Waals surface area (Å²) in [6.07, 6.45) is 0. The fourth-order valence-electron chi connectivity index (χ4n) is 3.54. The van der Waals surface area contributed by atoms with Gasteiger partial charge in [0.25, 0.3) is 5.91 Å². The Kier molecular flexibility index (Phi) is 8.92. The minimum absolute atomic E-state index is 0.0543. The average molecular weight is 501 g/mol. The number of hydrogen-bond acceptors (Lipinski definition) is 7. The zero-order chi connectivity index (χ0) is 25.5. The zero-order valence-corrected chi connectivity index (χ0v) is 21.9. The molecule has 0 N–H and O–H groups in total. The summed E-state index contributed by atoms with van der Waals surface area (Å²) in [6.45, 7) is 11.0. The molecule has 1 aromatic heterocycles. The van der Waals surface area contributed by atoms with E-state index in [0.29, 0.717) is 53.4 Å². The van der Waals surface area contributed by atoms with Crippen molar-refractivity contribution in [1.82, 2.24) is 4.57 Å². The fraction of sp³-hybridized carbons (Fsp3) is 0.423. The van der Waals surface area contributed by atoms with E-state index in [2.05, 4.69) is 24.9 Å². The Balaban J connectivity index is 2.16. The second kappa shape index (κ2) is 11.9. The Hall–Kier alpha value is -3.33. The van der Waals surface area contributed by atoms with Crippen LogP contribution in [-0.4, -0.2) is 43.4 Å². The maximum Gasteiger partial charge on any atom is 0.325 e. The number of methoxy groups -OCH3 is 1. The molecule has 2 aromatic carbocycles. The molecule has 0 unspecified atom stereocenters. The predicted octanol–water partition coefficient (Wildman–Crippen LogP) is 4.94. The van der Waals surface area contributed by atoms with Gasteiger partial charge in [-0.25, -0.2) is 0 Å². The van der Waals surface area contributed by atoms with Crippen molar-refractivity contribution in [2.75, 3.05) is 26.9 Å². The first-order chi connectivity index (χ1) is 16.8. The van der Waals surface area contributed by atoms with Crippen LogP contribution in [0.1, 0.15) is 56.5 Å². The fourth-order valence-corrected chi connectivity index (χ4v) is 4.62. The number of amides is 1. The highest BCUT2D eigenvalue weighted by atomic mass is 32.1. The molecule has 0 saturated heterocycles. The first kappa shape index (κ1) is 26.3. The lowest BCUT2D eigenvalue weighted by molar-refractivity contribution is -0.141. The van der Waals surface area contributed by atoms with Crippen LogP contribution < -0.4 is 19.0 Å². The van der Waals surface area contributed by atoms with Gasteiger partial charge < -0.3 is 23.5 Å². The van der Waals surface area contributed by atoms with E-state index in [1.165, 1.54) is 18.4 Å². The molecule has 0 fully saturated rings. The van der Waals surface area contributed by atoms with Crippen LogP contribution in [0.25, 0.3) is 10.2 Å². The number of rotatable bonds is 10.